The lowest BCUT2D eigenvalue weighted by Crippen LogP contribution is -2.44. The Morgan fingerprint density at radius 1 is 1.07 bits per heavy atom. The van der Waals surface area contributed by atoms with E-state index in [1.54, 1.807) is 6.07 Å². The van der Waals surface area contributed by atoms with Gasteiger partial charge in [-0.2, -0.15) is 0 Å². The highest BCUT2D eigenvalue weighted by molar-refractivity contribution is 6.01. The number of nitrogens with zero attached hydrogens (tertiary/aromatic N) is 1. The number of amides is 3. The van der Waals surface area contributed by atoms with Crippen molar-refractivity contribution >= 4 is 24.0 Å². The summed E-state index contributed by atoms with van der Waals surface area (Å²) in [6, 6.07) is 7.28. The normalized spacial score (nSPS) is 25.0. The van der Waals surface area contributed by atoms with Crippen LogP contribution in [0.5, 0.6) is 0 Å². The first-order chi connectivity index (χ1) is 14.0. The zero-order chi connectivity index (χ0) is 20.4. The number of rotatable bonds is 3. The van der Waals surface area contributed by atoms with E-state index in [2.05, 4.69) is 5.32 Å². The molecule has 154 valence electrons. The fourth-order valence-electron chi connectivity index (χ4n) is 5.16. The summed E-state index contributed by atoms with van der Waals surface area (Å²) in [5.41, 5.74) is 1.69. The quantitative estimate of drug-likeness (QED) is 0.629. The van der Waals surface area contributed by atoms with E-state index in [1.165, 1.54) is 0 Å². The van der Waals surface area contributed by atoms with Crippen LogP contribution in [0.3, 0.4) is 0 Å². The molecule has 2 aliphatic heterocycles. The fourth-order valence-corrected chi connectivity index (χ4v) is 5.16. The second kappa shape index (κ2) is 8.09. The molecule has 0 aromatic heterocycles. The van der Waals surface area contributed by atoms with Gasteiger partial charge in [-0.3, -0.25) is 19.7 Å². The zero-order valence-electron chi connectivity index (χ0n) is 16.7. The lowest BCUT2D eigenvalue weighted by Gasteiger charge is -2.45. The van der Waals surface area contributed by atoms with Gasteiger partial charge in [-0.15, -0.1) is 0 Å². The zero-order valence-corrected chi connectivity index (χ0v) is 16.7. The van der Waals surface area contributed by atoms with Gasteiger partial charge in [0.15, 0.2) is 0 Å². The smallest absolute Gasteiger partial charge is 0.253 e. The number of hydrogen-bond acceptors (Lipinski definition) is 4. The molecule has 1 spiro atoms. The number of imide groups is 1. The molecule has 1 aromatic carbocycles. The molecule has 6 nitrogen and oxygen atoms in total. The third kappa shape index (κ3) is 4.11. The molecule has 1 N–H and O–H groups in total. The Morgan fingerprint density at radius 3 is 2.45 bits per heavy atom. The van der Waals surface area contributed by atoms with Crippen molar-refractivity contribution in [1.29, 1.82) is 0 Å². The first-order valence-electron chi connectivity index (χ1n) is 10.7. The predicted octanol–water partition coefficient (Wildman–Crippen LogP) is 2.82. The van der Waals surface area contributed by atoms with E-state index in [4.69, 9.17) is 0 Å². The van der Waals surface area contributed by atoms with E-state index in [-0.39, 0.29) is 29.6 Å². The summed E-state index contributed by atoms with van der Waals surface area (Å²) in [5, 5.41) is 2.39. The van der Waals surface area contributed by atoms with Crippen molar-refractivity contribution in [2.75, 3.05) is 13.1 Å². The minimum absolute atomic E-state index is 0.00979. The molecule has 1 aliphatic carbocycles. The van der Waals surface area contributed by atoms with E-state index in [0.717, 1.165) is 63.5 Å². The fraction of sp³-hybridized carbons (Fsp3) is 0.565. The Labute approximate surface area is 171 Å². The topological polar surface area (TPSA) is 83.6 Å². The maximum atomic E-state index is 13.1. The van der Waals surface area contributed by atoms with E-state index in [9.17, 15) is 19.2 Å². The third-order valence-corrected chi connectivity index (χ3v) is 7.17. The lowest BCUT2D eigenvalue weighted by molar-refractivity contribution is -0.134. The standard InChI is InChI=1S/C23H28N2O4/c26-15-16-6-8-23(9-7-16)10-12-25(13-11-23)22(29)18-3-1-2-17(14-18)19-4-5-20(27)24-21(19)28/h1-3,14-16,19H,4-13H2,(H,24,27,28). The predicted molar refractivity (Wildman–Crippen MR) is 107 cm³/mol. The van der Waals surface area contributed by atoms with Gasteiger partial charge < -0.3 is 9.69 Å². The van der Waals surface area contributed by atoms with Crippen molar-refractivity contribution in [2.24, 2.45) is 11.3 Å². The van der Waals surface area contributed by atoms with Gasteiger partial charge >= 0.3 is 0 Å². The molecular formula is C23H28N2O4. The molecule has 1 atom stereocenters. The summed E-state index contributed by atoms with van der Waals surface area (Å²) >= 11 is 0. The average Bonchev–Trinajstić information content (AvgIpc) is 2.74. The molecule has 1 aromatic rings. The molecule has 0 radical (unpaired) electrons. The van der Waals surface area contributed by atoms with Crippen LogP contribution in [0.15, 0.2) is 24.3 Å². The molecule has 29 heavy (non-hydrogen) atoms. The van der Waals surface area contributed by atoms with Crippen LogP contribution in [0.4, 0.5) is 0 Å². The average molecular weight is 396 g/mol. The van der Waals surface area contributed by atoms with Crippen LogP contribution in [-0.2, 0) is 14.4 Å². The maximum Gasteiger partial charge on any atom is 0.253 e. The molecule has 6 heteroatoms. The number of likely N-dealkylation sites (tertiary alicyclic amines) is 1. The number of piperidine rings is 2. The van der Waals surface area contributed by atoms with Gasteiger partial charge in [0.2, 0.25) is 11.8 Å². The molecule has 1 saturated carbocycles. The Hall–Kier alpha value is -2.50. The van der Waals surface area contributed by atoms with Gasteiger partial charge in [-0.1, -0.05) is 12.1 Å². The number of carbonyl (C=O) groups is 4. The summed E-state index contributed by atoms with van der Waals surface area (Å²) in [4.78, 5) is 49.5. The van der Waals surface area contributed by atoms with Crippen molar-refractivity contribution in [3.8, 4) is 0 Å². The van der Waals surface area contributed by atoms with Crippen LogP contribution >= 0.6 is 0 Å². The van der Waals surface area contributed by atoms with Crippen molar-refractivity contribution in [2.45, 2.75) is 57.3 Å². The Bertz CT molecular complexity index is 816. The van der Waals surface area contributed by atoms with Gasteiger partial charge in [0, 0.05) is 31.0 Å². The van der Waals surface area contributed by atoms with Gasteiger partial charge in [-0.05, 0) is 68.1 Å². The monoisotopic (exact) mass is 396 g/mol. The SMILES string of the molecule is O=CC1CCC2(CC1)CCN(C(=O)c1cccc(C3CCC(=O)NC3=O)c1)CC2. The van der Waals surface area contributed by atoms with Crippen LogP contribution in [0, 0.1) is 11.3 Å². The Kier molecular flexibility index (Phi) is 5.52. The highest BCUT2D eigenvalue weighted by Crippen LogP contribution is 2.46. The summed E-state index contributed by atoms with van der Waals surface area (Å²) in [6.07, 6.45) is 8.03. The number of nitrogens with one attached hydrogen (secondary N) is 1. The van der Waals surface area contributed by atoms with Gasteiger partial charge in [0.05, 0.1) is 5.92 Å². The van der Waals surface area contributed by atoms with E-state index >= 15 is 0 Å². The molecule has 3 aliphatic rings. The molecular weight excluding hydrogens is 368 g/mol. The largest absolute Gasteiger partial charge is 0.339 e. The molecule has 3 amide bonds. The minimum Gasteiger partial charge on any atom is -0.339 e. The van der Waals surface area contributed by atoms with Gasteiger partial charge in [-0.25, -0.2) is 0 Å². The third-order valence-electron chi connectivity index (χ3n) is 7.17. The molecule has 2 saturated heterocycles. The summed E-state index contributed by atoms with van der Waals surface area (Å²) in [5.74, 6) is -0.663. The molecule has 4 rings (SSSR count). The second-order valence-electron chi connectivity index (χ2n) is 8.89. The maximum absolute atomic E-state index is 13.1. The Morgan fingerprint density at radius 2 is 1.79 bits per heavy atom. The second-order valence-corrected chi connectivity index (χ2v) is 8.89. The van der Waals surface area contributed by atoms with Crippen LogP contribution < -0.4 is 5.32 Å². The van der Waals surface area contributed by atoms with Crippen molar-refractivity contribution in [1.82, 2.24) is 10.2 Å². The van der Waals surface area contributed by atoms with E-state index in [1.807, 2.05) is 23.1 Å². The molecule has 1 unspecified atom stereocenters. The molecule has 0 bridgehead atoms. The lowest BCUT2D eigenvalue weighted by atomic mass is 9.65. The first-order valence-corrected chi connectivity index (χ1v) is 10.7. The number of aldehydes is 1. The number of carbonyl (C=O) groups excluding carboxylic acids is 4. The number of benzene rings is 1. The van der Waals surface area contributed by atoms with Crippen molar-refractivity contribution in [3.05, 3.63) is 35.4 Å². The van der Waals surface area contributed by atoms with Crippen molar-refractivity contribution in [3.63, 3.8) is 0 Å². The van der Waals surface area contributed by atoms with Crippen LogP contribution in [0.1, 0.15) is 73.2 Å². The van der Waals surface area contributed by atoms with Crippen LogP contribution in [0.25, 0.3) is 0 Å². The number of hydrogen-bond donors (Lipinski definition) is 1. The summed E-state index contributed by atoms with van der Waals surface area (Å²) in [6.45, 7) is 1.49. The highest BCUT2D eigenvalue weighted by atomic mass is 16.2. The van der Waals surface area contributed by atoms with Gasteiger partial charge in [0.25, 0.3) is 5.91 Å². The highest BCUT2D eigenvalue weighted by Gasteiger charge is 2.39. The molecule has 2 heterocycles. The van der Waals surface area contributed by atoms with E-state index in [0.29, 0.717) is 23.8 Å². The summed E-state index contributed by atoms with van der Waals surface area (Å²) < 4.78 is 0. The van der Waals surface area contributed by atoms with E-state index < -0.39 is 0 Å². The van der Waals surface area contributed by atoms with Crippen LogP contribution in [0.2, 0.25) is 0 Å². The Balaban J connectivity index is 1.40. The van der Waals surface area contributed by atoms with Crippen LogP contribution in [-0.4, -0.2) is 42.0 Å². The van der Waals surface area contributed by atoms with Crippen molar-refractivity contribution < 1.29 is 19.2 Å². The van der Waals surface area contributed by atoms with Gasteiger partial charge in [0.1, 0.15) is 6.29 Å². The molecule has 3 fully saturated rings. The first kappa shape index (κ1) is 19.8. The minimum atomic E-state index is -0.377. The summed E-state index contributed by atoms with van der Waals surface area (Å²) in [7, 11) is 0.